The van der Waals surface area contributed by atoms with Crippen molar-refractivity contribution < 1.29 is 23.1 Å². The highest BCUT2D eigenvalue weighted by Crippen LogP contribution is 2.40. The summed E-state index contributed by atoms with van der Waals surface area (Å²) >= 11 is 5.75. The molecule has 1 N–H and O–H groups in total. The van der Waals surface area contributed by atoms with E-state index in [-0.39, 0.29) is 11.1 Å². The lowest BCUT2D eigenvalue weighted by Gasteiger charge is -2.09. The first-order chi connectivity index (χ1) is 9.64. The third-order valence-corrected chi connectivity index (χ3v) is 3.49. The van der Waals surface area contributed by atoms with Crippen LogP contribution in [0.2, 0.25) is 5.02 Å². The van der Waals surface area contributed by atoms with Crippen LogP contribution < -0.4 is 0 Å². The van der Waals surface area contributed by atoms with Crippen LogP contribution in [-0.2, 0) is 13.2 Å². The molecule has 0 atom stereocenters. The van der Waals surface area contributed by atoms with E-state index in [1.165, 1.54) is 31.2 Å². The van der Waals surface area contributed by atoms with Crippen molar-refractivity contribution in [1.82, 2.24) is 4.57 Å². The van der Waals surface area contributed by atoms with Crippen LogP contribution in [0.4, 0.5) is 13.2 Å². The minimum absolute atomic E-state index is 0.0500. The highest BCUT2D eigenvalue weighted by atomic mass is 35.5. The highest BCUT2D eigenvalue weighted by Gasteiger charge is 2.40. The average molecular weight is 318 g/mol. The molecule has 0 amide bonds. The number of carboxylic acid groups (broad SMARTS) is 1. The molecule has 2 rings (SSSR count). The van der Waals surface area contributed by atoms with Gasteiger partial charge in [-0.1, -0.05) is 23.7 Å². The maximum Gasteiger partial charge on any atom is 0.431 e. The van der Waals surface area contributed by atoms with E-state index in [1.54, 1.807) is 0 Å². The Kier molecular flexibility index (Phi) is 3.76. The molecule has 0 aliphatic heterocycles. The summed E-state index contributed by atoms with van der Waals surface area (Å²) in [6, 6.07) is 6.00. The molecule has 1 aromatic heterocycles. The molecular weight excluding hydrogens is 307 g/mol. The van der Waals surface area contributed by atoms with E-state index in [1.807, 2.05) is 0 Å². The number of alkyl halides is 3. The van der Waals surface area contributed by atoms with Crippen molar-refractivity contribution in [2.24, 2.45) is 7.05 Å². The van der Waals surface area contributed by atoms with E-state index < -0.39 is 23.5 Å². The van der Waals surface area contributed by atoms with Gasteiger partial charge in [0.25, 0.3) is 0 Å². The molecule has 21 heavy (non-hydrogen) atoms. The van der Waals surface area contributed by atoms with E-state index in [9.17, 15) is 23.1 Å². The largest absolute Gasteiger partial charge is 0.477 e. The zero-order chi connectivity index (χ0) is 15.9. The standard InChI is InChI=1S/C14H11ClF3NO2/c1-7-10(8-3-5-9(15)6-4-8)11(13(20)21)19(2)12(7)14(16,17)18/h3-6H,1-2H3,(H,20,21). The van der Waals surface area contributed by atoms with Crippen molar-refractivity contribution in [3.8, 4) is 11.1 Å². The molecule has 0 fully saturated rings. The van der Waals surface area contributed by atoms with Crippen molar-refractivity contribution in [3.05, 3.63) is 46.2 Å². The number of carbonyl (C=O) groups is 1. The van der Waals surface area contributed by atoms with Crippen LogP contribution >= 0.6 is 11.6 Å². The smallest absolute Gasteiger partial charge is 0.431 e. The van der Waals surface area contributed by atoms with E-state index in [4.69, 9.17) is 11.6 Å². The molecule has 0 saturated heterocycles. The Morgan fingerprint density at radius 2 is 1.76 bits per heavy atom. The van der Waals surface area contributed by atoms with E-state index in [2.05, 4.69) is 0 Å². The van der Waals surface area contributed by atoms with Crippen molar-refractivity contribution in [3.63, 3.8) is 0 Å². The lowest BCUT2D eigenvalue weighted by Crippen LogP contribution is -2.15. The first kappa shape index (κ1) is 15.4. The maximum absolute atomic E-state index is 13.1. The second-order valence-electron chi connectivity index (χ2n) is 4.57. The van der Waals surface area contributed by atoms with Crippen molar-refractivity contribution in [1.29, 1.82) is 0 Å². The predicted molar refractivity (Wildman–Crippen MR) is 72.6 cm³/mol. The summed E-state index contributed by atoms with van der Waals surface area (Å²) in [4.78, 5) is 11.4. The molecule has 0 radical (unpaired) electrons. The number of nitrogens with zero attached hydrogens (tertiary/aromatic N) is 1. The summed E-state index contributed by atoms with van der Waals surface area (Å²) in [6.07, 6.45) is -4.63. The van der Waals surface area contributed by atoms with Gasteiger partial charge >= 0.3 is 12.1 Å². The Morgan fingerprint density at radius 3 is 2.19 bits per heavy atom. The normalized spacial score (nSPS) is 11.7. The first-order valence-electron chi connectivity index (χ1n) is 5.90. The van der Waals surface area contributed by atoms with Gasteiger partial charge in [0.1, 0.15) is 11.4 Å². The number of aromatic nitrogens is 1. The quantitative estimate of drug-likeness (QED) is 0.893. The fraction of sp³-hybridized carbons (Fsp3) is 0.214. The SMILES string of the molecule is Cc1c(-c2ccc(Cl)cc2)c(C(=O)O)n(C)c1C(F)(F)F. The number of hydrogen-bond donors (Lipinski definition) is 1. The van der Waals surface area contributed by atoms with Crippen LogP contribution in [0.3, 0.4) is 0 Å². The summed E-state index contributed by atoms with van der Waals surface area (Å²) in [6.45, 7) is 1.26. The van der Waals surface area contributed by atoms with Gasteiger partial charge in [-0.15, -0.1) is 0 Å². The Balaban J connectivity index is 2.82. The molecule has 2 aromatic rings. The Bertz CT molecular complexity index is 702. The summed E-state index contributed by atoms with van der Waals surface area (Å²) in [5.41, 5.74) is -1.06. The fourth-order valence-corrected chi connectivity index (χ4v) is 2.58. The van der Waals surface area contributed by atoms with Crippen LogP contribution in [0, 0.1) is 6.92 Å². The minimum Gasteiger partial charge on any atom is -0.477 e. The summed E-state index contributed by atoms with van der Waals surface area (Å²) in [5.74, 6) is -1.42. The van der Waals surface area contributed by atoms with E-state index in [0.29, 0.717) is 15.2 Å². The third kappa shape index (κ3) is 2.63. The highest BCUT2D eigenvalue weighted by molar-refractivity contribution is 6.30. The van der Waals surface area contributed by atoms with Crippen molar-refractivity contribution >= 4 is 17.6 Å². The fourth-order valence-electron chi connectivity index (χ4n) is 2.45. The first-order valence-corrected chi connectivity index (χ1v) is 6.28. The Morgan fingerprint density at radius 1 is 1.24 bits per heavy atom. The minimum atomic E-state index is -4.63. The summed E-state index contributed by atoms with van der Waals surface area (Å²) < 4.78 is 40.0. The number of halogens is 4. The van der Waals surface area contributed by atoms with Gasteiger partial charge in [-0.25, -0.2) is 4.79 Å². The molecule has 112 valence electrons. The van der Waals surface area contributed by atoms with Crippen LogP contribution in [-0.4, -0.2) is 15.6 Å². The zero-order valence-electron chi connectivity index (χ0n) is 11.1. The van der Waals surface area contributed by atoms with Gasteiger partial charge in [-0.3, -0.25) is 0 Å². The van der Waals surface area contributed by atoms with Gasteiger partial charge in [-0.2, -0.15) is 13.2 Å². The predicted octanol–water partition coefficient (Wildman–Crippen LogP) is 4.37. The number of benzene rings is 1. The number of hydrogen-bond acceptors (Lipinski definition) is 1. The zero-order valence-corrected chi connectivity index (χ0v) is 11.9. The molecule has 0 saturated carbocycles. The molecule has 0 unspecified atom stereocenters. The van der Waals surface area contributed by atoms with Crippen LogP contribution in [0.15, 0.2) is 24.3 Å². The lowest BCUT2D eigenvalue weighted by molar-refractivity contribution is -0.143. The topological polar surface area (TPSA) is 42.2 Å². The average Bonchev–Trinajstić information content (AvgIpc) is 2.61. The molecule has 3 nitrogen and oxygen atoms in total. The molecule has 0 spiro atoms. The number of aromatic carboxylic acids is 1. The number of carboxylic acids is 1. The lowest BCUT2D eigenvalue weighted by atomic mass is 10.0. The third-order valence-electron chi connectivity index (χ3n) is 3.24. The van der Waals surface area contributed by atoms with Gasteiger partial charge in [0, 0.05) is 17.6 Å². The van der Waals surface area contributed by atoms with Crippen LogP contribution in [0.5, 0.6) is 0 Å². The van der Waals surface area contributed by atoms with Gasteiger partial charge in [-0.05, 0) is 30.2 Å². The van der Waals surface area contributed by atoms with Gasteiger partial charge < -0.3 is 9.67 Å². The maximum atomic E-state index is 13.1. The molecular formula is C14H11ClF3NO2. The van der Waals surface area contributed by atoms with Crippen molar-refractivity contribution in [2.45, 2.75) is 13.1 Å². The van der Waals surface area contributed by atoms with Gasteiger partial charge in [0.2, 0.25) is 0 Å². The van der Waals surface area contributed by atoms with E-state index >= 15 is 0 Å². The molecule has 7 heteroatoms. The molecule has 0 bridgehead atoms. The van der Waals surface area contributed by atoms with Crippen LogP contribution in [0.1, 0.15) is 21.7 Å². The summed E-state index contributed by atoms with van der Waals surface area (Å²) in [7, 11) is 1.10. The number of rotatable bonds is 2. The second-order valence-corrected chi connectivity index (χ2v) is 5.00. The Labute approximate surface area is 123 Å². The van der Waals surface area contributed by atoms with Crippen LogP contribution in [0.25, 0.3) is 11.1 Å². The molecule has 0 aliphatic carbocycles. The molecule has 1 aromatic carbocycles. The molecule has 1 heterocycles. The van der Waals surface area contributed by atoms with Crippen molar-refractivity contribution in [2.75, 3.05) is 0 Å². The second kappa shape index (κ2) is 5.11. The summed E-state index contributed by atoms with van der Waals surface area (Å²) in [5, 5.41) is 9.67. The Hall–Kier alpha value is -1.95. The van der Waals surface area contributed by atoms with Gasteiger partial charge in [0.15, 0.2) is 0 Å². The van der Waals surface area contributed by atoms with E-state index in [0.717, 1.165) is 7.05 Å². The monoisotopic (exact) mass is 317 g/mol. The molecule has 0 aliphatic rings. The van der Waals surface area contributed by atoms with Gasteiger partial charge in [0.05, 0.1) is 0 Å².